The van der Waals surface area contributed by atoms with Gasteiger partial charge in [0, 0.05) is 19.2 Å². The summed E-state index contributed by atoms with van der Waals surface area (Å²) in [5.41, 5.74) is 0.650. The second-order valence-electron chi connectivity index (χ2n) is 11.6. The first-order valence-corrected chi connectivity index (χ1v) is 16.8. The lowest BCUT2D eigenvalue weighted by Gasteiger charge is -2.50. The summed E-state index contributed by atoms with van der Waals surface area (Å²) in [6.45, 7) is 0.858. The van der Waals surface area contributed by atoms with Gasteiger partial charge in [0.25, 0.3) is 5.91 Å². The number of nitrogens with one attached hydrogen (secondary N) is 4. The van der Waals surface area contributed by atoms with Crippen molar-refractivity contribution in [3.63, 3.8) is 0 Å². The van der Waals surface area contributed by atoms with E-state index >= 15 is 0 Å². The summed E-state index contributed by atoms with van der Waals surface area (Å²) < 4.78 is 32.8. The Morgan fingerprint density at radius 2 is 1.50 bits per heavy atom. The number of ether oxygens (including phenoxy) is 1. The molecule has 1 aliphatic heterocycles. The third kappa shape index (κ3) is 10.0. The number of aliphatic hydroxyl groups excluding tert-OH is 1. The van der Waals surface area contributed by atoms with Gasteiger partial charge in [0.05, 0.1) is 12.6 Å². The van der Waals surface area contributed by atoms with Crippen LogP contribution in [0.25, 0.3) is 0 Å². The number of halogens is 2. The molecule has 3 aromatic carbocycles. The number of benzene rings is 3. The predicted molar refractivity (Wildman–Crippen MR) is 180 cm³/mol. The fraction of sp³-hybridized carbons (Fsp3) is 0.343. The number of rotatable bonds is 18. The summed E-state index contributed by atoms with van der Waals surface area (Å²) in [4.78, 5) is 60.0. The topological polar surface area (TPSA) is 183 Å². The Balaban J connectivity index is 1.33. The van der Waals surface area contributed by atoms with E-state index in [1.165, 1.54) is 55.1 Å². The molecule has 12 nitrogen and oxygen atoms in total. The van der Waals surface area contributed by atoms with Gasteiger partial charge in [-0.1, -0.05) is 36.4 Å². The van der Waals surface area contributed by atoms with Crippen molar-refractivity contribution in [3.8, 4) is 5.75 Å². The molecule has 4 atom stereocenters. The number of carboxylic acid groups (broad SMARTS) is 1. The van der Waals surface area contributed by atoms with E-state index in [1.54, 1.807) is 36.4 Å². The largest absolute Gasteiger partial charge is 0.484 e. The van der Waals surface area contributed by atoms with E-state index in [1.807, 2.05) is 0 Å². The molecule has 1 saturated heterocycles. The lowest BCUT2D eigenvalue weighted by molar-refractivity contribution is -0.142. The average Bonchev–Trinajstić information content (AvgIpc) is 3.08. The maximum atomic E-state index is 13.9. The molecular weight excluding hydrogens is 674 g/mol. The van der Waals surface area contributed by atoms with Crippen molar-refractivity contribution in [2.75, 3.05) is 25.4 Å². The van der Waals surface area contributed by atoms with E-state index in [2.05, 4.69) is 21.3 Å². The van der Waals surface area contributed by atoms with Gasteiger partial charge in [0.1, 0.15) is 34.2 Å². The van der Waals surface area contributed by atoms with Crippen LogP contribution in [0.4, 0.5) is 8.78 Å². The zero-order valence-corrected chi connectivity index (χ0v) is 27.9. The van der Waals surface area contributed by atoms with Crippen LogP contribution in [-0.2, 0) is 29.5 Å². The SMILES string of the molecule is CC(=O)NCCCC[C@@H](NC(=O)CNC(=O)COc1ccc([C@]2(c3ccc(F)cc3)NC(=O)[C@@H]2SCC(O)c2ccc(F)cc2)cc1)C(=O)O. The number of carboxylic acids is 1. The molecule has 3 aromatic rings. The number of carbonyl (C=O) groups excluding carboxylic acids is 4. The van der Waals surface area contributed by atoms with Gasteiger partial charge in [-0.05, 0) is 72.4 Å². The number of amides is 4. The first-order chi connectivity index (χ1) is 23.9. The highest BCUT2D eigenvalue weighted by molar-refractivity contribution is 8.00. The van der Waals surface area contributed by atoms with Gasteiger partial charge in [-0.2, -0.15) is 0 Å². The Labute approximate surface area is 291 Å². The van der Waals surface area contributed by atoms with Gasteiger partial charge in [0.2, 0.25) is 17.7 Å². The lowest BCUT2D eigenvalue weighted by Crippen LogP contribution is -2.69. The fourth-order valence-corrected chi connectivity index (χ4v) is 6.73. The number of hydrogen-bond donors (Lipinski definition) is 6. The number of aliphatic hydroxyl groups is 1. The van der Waals surface area contributed by atoms with E-state index in [4.69, 9.17) is 4.74 Å². The van der Waals surface area contributed by atoms with Gasteiger partial charge < -0.3 is 36.2 Å². The van der Waals surface area contributed by atoms with Gasteiger partial charge in [-0.25, -0.2) is 13.6 Å². The van der Waals surface area contributed by atoms with Crippen LogP contribution >= 0.6 is 11.8 Å². The van der Waals surface area contributed by atoms with E-state index in [9.17, 15) is 43.0 Å². The van der Waals surface area contributed by atoms with Crippen LogP contribution in [-0.4, -0.2) is 76.6 Å². The van der Waals surface area contributed by atoms with Crippen LogP contribution in [0.3, 0.4) is 0 Å². The highest BCUT2D eigenvalue weighted by atomic mass is 32.2. The van der Waals surface area contributed by atoms with Crippen molar-refractivity contribution in [1.29, 1.82) is 0 Å². The molecule has 266 valence electrons. The Kier molecular flexibility index (Phi) is 13.3. The average molecular weight is 713 g/mol. The number of carbonyl (C=O) groups is 5. The smallest absolute Gasteiger partial charge is 0.326 e. The summed E-state index contributed by atoms with van der Waals surface area (Å²) >= 11 is 1.20. The molecule has 15 heteroatoms. The third-order valence-electron chi connectivity index (χ3n) is 7.98. The quantitative estimate of drug-likeness (QED) is 0.0853. The molecule has 0 saturated carbocycles. The van der Waals surface area contributed by atoms with E-state index in [0.29, 0.717) is 41.8 Å². The van der Waals surface area contributed by atoms with Crippen molar-refractivity contribution < 1.29 is 47.7 Å². The molecule has 1 heterocycles. The van der Waals surface area contributed by atoms with Crippen LogP contribution in [0.5, 0.6) is 5.75 Å². The summed E-state index contributed by atoms with van der Waals surface area (Å²) in [7, 11) is 0. The molecule has 1 fully saturated rings. The minimum Gasteiger partial charge on any atom is -0.484 e. The van der Waals surface area contributed by atoms with Crippen molar-refractivity contribution >= 4 is 41.4 Å². The van der Waals surface area contributed by atoms with Crippen LogP contribution in [0, 0.1) is 11.6 Å². The van der Waals surface area contributed by atoms with Crippen LogP contribution in [0.1, 0.15) is 49.0 Å². The molecule has 6 N–H and O–H groups in total. The van der Waals surface area contributed by atoms with Crippen molar-refractivity contribution in [3.05, 3.63) is 101 Å². The van der Waals surface area contributed by atoms with Gasteiger partial charge in [-0.15, -0.1) is 11.8 Å². The Hall–Kier alpha value is -5.02. The van der Waals surface area contributed by atoms with Crippen LogP contribution in [0.15, 0.2) is 72.8 Å². The molecule has 50 heavy (non-hydrogen) atoms. The molecular formula is C35H38F2N4O8S. The third-order valence-corrected chi connectivity index (χ3v) is 9.39. The Bertz CT molecular complexity index is 1660. The Morgan fingerprint density at radius 3 is 2.08 bits per heavy atom. The van der Waals surface area contributed by atoms with Gasteiger partial charge >= 0.3 is 5.97 Å². The van der Waals surface area contributed by atoms with Crippen molar-refractivity contribution in [1.82, 2.24) is 21.3 Å². The van der Waals surface area contributed by atoms with Crippen molar-refractivity contribution in [2.45, 2.75) is 49.1 Å². The second-order valence-corrected chi connectivity index (χ2v) is 12.7. The van der Waals surface area contributed by atoms with Crippen molar-refractivity contribution in [2.24, 2.45) is 0 Å². The zero-order valence-electron chi connectivity index (χ0n) is 27.1. The van der Waals surface area contributed by atoms with Crippen LogP contribution in [0.2, 0.25) is 0 Å². The maximum absolute atomic E-state index is 13.9. The van der Waals surface area contributed by atoms with E-state index in [0.717, 1.165) is 0 Å². The monoisotopic (exact) mass is 712 g/mol. The number of β-lactam (4-membered cyclic amide) rings is 1. The highest BCUT2D eigenvalue weighted by Gasteiger charge is 2.56. The summed E-state index contributed by atoms with van der Waals surface area (Å²) in [5, 5.41) is 29.7. The zero-order chi connectivity index (χ0) is 36.3. The molecule has 0 spiro atoms. The maximum Gasteiger partial charge on any atom is 0.326 e. The predicted octanol–water partition coefficient (Wildman–Crippen LogP) is 2.54. The first-order valence-electron chi connectivity index (χ1n) is 15.8. The molecule has 0 bridgehead atoms. The van der Waals surface area contributed by atoms with E-state index < -0.39 is 65.5 Å². The molecule has 1 aliphatic rings. The first kappa shape index (κ1) is 37.8. The normalized spacial score (nSPS) is 17.8. The summed E-state index contributed by atoms with van der Waals surface area (Å²) in [6, 6.07) is 16.5. The van der Waals surface area contributed by atoms with Gasteiger partial charge in [-0.3, -0.25) is 19.2 Å². The van der Waals surface area contributed by atoms with Crippen LogP contribution < -0.4 is 26.0 Å². The standard InChI is InChI=1S/C35H38F2N4O8S/c1-21(42)38-17-3-2-4-28(34(47)48)40-30(44)18-39-31(45)19-49-27-15-9-24(10-16-27)35(23-7-13-26(37)14-8-23)32(33(46)41-35)50-20-29(43)22-5-11-25(36)12-6-22/h5-16,28-29,32,43H,2-4,17-20H2,1H3,(H,38,42)(H,39,45)(H,40,44)(H,41,46)(H,47,48)/t28-,29?,32+,35+/m1/s1. The molecule has 0 aliphatic carbocycles. The second kappa shape index (κ2) is 17.6. The molecule has 1 unspecified atom stereocenters. The lowest BCUT2D eigenvalue weighted by atomic mass is 9.74. The number of aliphatic carboxylic acids is 1. The molecule has 0 aromatic heterocycles. The molecule has 4 rings (SSSR count). The summed E-state index contributed by atoms with van der Waals surface area (Å²) in [6.07, 6.45) is 0.169. The number of thioether (sulfide) groups is 1. The fourth-order valence-electron chi connectivity index (χ4n) is 5.37. The minimum absolute atomic E-state index is 0.123. The Morgan fingerprint density at radius 1 is 0.900 bits per heavy atom. The number of unbranched alkanes of at least 4 members (excludes halogenated alkanes) is 1. The minimum atomic E-state index is -1.22. The summed E-state index contributed by atoms with van der Waals surface area (Å²) in [5.74, 6) is -3.48. The molecule has 0 radical (unpaired) electrons. The van der Waals surface area contributed by atoms with E-state index in [-0.39, 0.29) is 24.0 Å². The van der Waals surface area contributed by atoms with Gasteiger partial charge in [0.15, 0.2) is 6.61 Å². The number of hydrogen-bond acceptors (Lipinski definition) is 8. The molecule has 4 amide bonds. The highest BCUT2D eigenvalue weighted by Crippen LogP contribution is 2.46.